The van der Waals surface area contributed by atoms with Gasteiger partial charge >= 0.3 is 0 Å². The molecule has 0 spiro atoms. The monoisotopic (exact) mass is 420 g/mol. The fraction of sp³-hybridized carbons (Fsp3) is 0.0435. The minimum absolute atomic E-state index is 0.178. The minimum Gasteiger partial charge on any atom is -0.322 e. The van der Waals surface area contributed by atoms with Gasteiger partial charge in [0.05, 0.1) is 5.02 Å². The molecule has 4 rings (SSSR count). The third-order valence-electron chi connectivity index (χ3n) is 4.51. The summed E-state index contributed by atoms with van der Waals surface area (Å²) in [7, 11) is 0. The molecule has 6 heteroatoms. The molecule has 0 unspecified atom stereocenters. The number of nitrogens with one attached hydrogen (secondary N) is 2. The normalized spacial score (nSPS) is 10.7. The van der Waals surface area contributed by atoms with Crippen molar-refractivity contribution in [3.05, 3.63) is 93.8 Å². The Morgan fingerprint density at radius 3 is 2.31 bits per heavy atom. The van der Waals surface area contributed by atoms with E-state index < -0.39 is 0 Å². The van der Waals surface area contributed by atoms with E-state index in [9.17, 15) is 9.59 Å². The van der Waals surface area contributed by atoms with Crippen molar-refractivity contribution in [2.45, 2.75) is 6.92 Å². The maximum absolute atomic E-state index is 12.7. The van der Waals surface area contributed by atoms with Gasteiger partial charge in [-0.15, -0.1) is 11.3 Å². The molecule has 0 aliphatic carbocycles. The molecule has 4 aromatic rings. The second-order valence-electron chi connectivity index (χ2n) is 6.55. The van der Waals surface area contributed by atoms with Crippen molar-refractivity contribution < 1.29 is 9.59 Å². The Morgan fingerprint density at radius 2 is 1.59 bits per heavy atom. The second kappa shape index (κ2) is 8.07. The number of hydrogen-bond donors (Lipinski definition) is 2. The van der Waals surface area contributed by atoms with Gasteiger partial charge in [0.2, 0.25) is 0 Å². The Hall–Kier alpha value is -3.15. The molecule has 29 heavy (non-hydrogen) atoms. The van der Waals surface area contributed by atoms with Crippen LogP contribution in [0.2, 0.25) is 5.02 Å². The van der Waals surface area contributed by atoms with Gasteiger partial charge in [0.1, 0.15) is 4.88 Å². The Bertz CT molecular complexity index is 1220. The fourth-order valence-electron chi connectivity index (χ4n) is 3.01. The lowest BCUT2D eigenvalue weighted by atomic mass is 10.1. The molecule has 0 fully saturated rings. The van der Waals surface area contributed by atoms with E-state index in [0.29, 0.717) is 26.8 Å². The first kappa shape index (κ1) is 19.2. The first-order valence-corrected chi connectivity index (χ1v) is 10.2. The molecule has 0 saturated carbocycles. The molecular formula is C23H17ClN2O2S. The number of carbonyl (C=O) groups is 2. The smallest absolute Gasteiger partial charge is 0.267 e. The molecule has 1 aromatic heterocycles. The van der Waals surface area contributed by atoms with Crippen LogP contribution in [0.5, 0.6) is 0 Å². The van der Waals surface area contributed by atoms with Gasteiger partial charge < -0.3 is 10.6 Å². The summed E-state index contributed by atoms with van der Waals surface area (Å²) in [5.74, 6) is -0.431. The molecule has 2 amide bonds. The maximum atomic E-state index is 12.7. The first-order valence-electron chi connectivity index (χ1n) is 8.98. The molecule has 2 N–H and O–H groups in total. The van der Waals surface area contributed by atoms with Crippen molar-refractivity contribution in [1.29, 1.82) is 0 Å². The predicted octanol–water partition coefficient (Wildman–Crippen LogP) is 6.37. The van der Waals surface area contributed by atoms with Crippen molar-refractivity contribution >= 4 is 56.2 Å². The van der Waals surface area contributed by atoms with Gasteiger partial charge in [-0.05, 0) is 48.9 Å². The predicted molar refractivity (Wildman–Crippen MR) is 120 cm³/mol. The lowest BCUT2D eigenvalue weighted by molar-refractivity contribution is 0.102. The number of thiophene rings is 1. The van der Waals surface area contributed by atoms with Gasteiger partial charge in [-0.1, -0.05) is 48.0 Å². The largest absolute Gasteiger partial charge is 0.322 e. The number of anilines is 2. The van der Waals surface area contributed by atoms with E-state index in [-0.39, 0.29) is 11.8 Å². The zero-order valence-electron chi connectivity index (χ0n) is 15.5. The summed E-state index contributed by atoms with van der Waals surface area (Å²) in [5, 5.41) is 7.12. The van der Waals surface area contributed by atoms with Crippen LogP contribution in [-0.2, 0) is 0 Å². The number of halogens is 1. The quantitative estimate of drug-likeness (QED) is 0.403. The van der Waals surface area contributed by atoms with E-state index in [2.05, 4.69) is 10.6 Å². The number of hydrogen-bond acceptors (Lipinski definition) is 3. The van der Waals surface area contributed by atoms with E-state index in [1.807, 2.05) is 55.5 Å². The van der Waals surface area contributed by atoms with Crippen LogP contribution in [0, 0.1) is 6.92 Å². The molecule has 4 nitrogen and oxygen atoms in total. The van der Waals surface area contributed by atoms with E-state index >= 15 is 0 Å². The van der Waals surface area contributed by atoms with E-state index in [4.69, 9.17) is 11.6 Å². The number of carbonyl (C=O) groups excluding carboxylic acids is 2. The van der Waals surface area contributed by atoms with Crippen LogP contribution < -0.4 is 10.6 Å². The van der Waals surface area contributed by atoms with E-state index in [0.717, 1.165) is 15.6 Å². The highest BCUT2D eigenvalue weighted by Gasteiger charge is 2.17. The summed E-state index contributed by atoms with van der Waals surface area (Å²) >= 11 is 7.76. The van der Waals surface area contributed by atoms with Gasteiger partial charge in [-0.3, -0.25) is 9.59 Å². The molecule has 144 valence electrons. The Morgan fingerprint density at radius 1 is 0.862 bits per heavy atom. The molecule has 0 atom stereocenters. The lowest BCUT2D eigenvalue weighted by Gasteiger charge is -2.11. The van der Waals surface area contributed by atoms with Gasteiger partial charge in [0.25, 0.3) is 11.8 Å². The van der Waals surface area contributed by atoms with E-state index in [1.54, 1.807) is 24.3 Å². The Labute approximate surface area is 177 Å². The lowest BCUT2D eigenvalue weighted by Crippen LogP contribution is -2.13. The molecule has 0 radical (unpaired) electrons. The van der Waals surface area contributed by atoms with E-state index in [1.165, 1.54) is 11.3 Å². The number of fused-ring (bicyclic) bond motifs is 1. The topological polar surface area (TPSA) is 58.2 Å². The molecule has 0 bridgehead atoms. The second-order valence-corrected chi connectivity index (χ2v) is 7.98. The highest BCUT2D eigenvalue weighted by atomic mass is 35.5. The van der Waals surface area contributed by atoms with Crippen molar-refractivity contribution in [3.8, 4) is 0 Å². The number of aryl methyl sites for hydroxylation is 1. The molecule has 3 aromatic carbocycles. The Balaban J connectivity index is 1.51. The van der Waals surface area contributed by atoms with Crippen LogP contribution in [0.3, 0.4) is 0 Å². The zero-order valence-corrected chi connectivity index (χ0v) is 17.1. The molecule has 0 aliphatic rings. The highest BCUT2D eigenvalue weighted by molar-refractivity contribution is 7.21. The highest BCUT2D eigenvalue weighted by Crippen LogP contribution is 2.35. The van der Waals surface area contributed by atoms with Gasteiger partial charge in [0, 0.05) is 27.0 Å². The molecule has 0 aliphatic heterocycles. The molecule has 1 heterocycles. The minimum atomic E-state index is -0.253. The molecular weight excluding hydrogens is 404 g/mol. The molecule has 0 saturated heterocycles. The third-order valence-corrected chi connectivity index (χ3v) is 6.18. The van der Waals surface area contributed by atoms with Gasteiger partial charge in [-0.2, -0.15) is 0 Å². The summed E-state index contributed by atoms with van der Waals surface area (Å²) in [4.78, 5) is 25.5. The number of rotatable bonds is 4. The van der Waals surface area contributed by atoms with Crippen molar-refractivity contribution in [2.75, 3.05) is 10.6 Å². The first-order chi connectivity index (χ1) is 14.0. The van der Waals surface area contributed by atoms with Crippen molar-refractivity contribution in [2.24, 2.45) is 0 Å². The number of amides is 2. The standard InChI is InChI=1S/C23H17ClN2O2S/c1-14-13-16(11-12-18(14)26-22(27)15-7-3-2-4-8-15)25-23(28)21-20(24)17-9-5-6-10-19(17)29-21/h2-13H,1H3,(H,25,28)(H,26,27). The van der Waals surface area contributed by atoms with Crippen LogP contribution in [0.25, 0.3) is 10.1 Å². The average Bonchev–Trinajstić information content (AvgIpc) is 3.07. The van der Waals surface area contributed by atoms with Crippen LogP contribution in [0.15, 0.2) is 72.8 Å². The summed E-state index contributed by atoms with van der Waals surface area (Å²) in [6.07, 6.45) is 0. The van der Waals surface area contributed by atoms with Crippen LogP contribution in [0.4, 0.5) is 11.4 Å². The van der Waals surface area contributed by atoms with Gasteiger partial charge in [0.15, 0.2) is 0 Å². The summed E-state index contributed by atoms with van der Waals surface area (Å²) in [6.45, 7) is 1.88. The van der Waals surface area contributed by atoms with Crippen molar-refractivity contribution in [3.63, 3.8) is 0 Å². The van der Waals surface area contributed by atoms with Crippen molar-refractivity contribution in [1.82, 2.24) is 0 Å². The summed E-state index contributed by atoms with van der Waals surface area (Å²) < 4.78 is 0.970. The SMILES string of the molecule is Cc1cc(NC(=O)c2sc3ccccc3c2Cl)ccc1NC(=O)c1ccccc1. The van der Waals surface area contributed by atoms with Crippen LogP contribution in [0.1, 0.15) is 25.6 Å². The zero-order chi connectivity index (χ0) is 20.4. The summed E-state index contributed by atoms with van der Waals surface area (Å²) in [6, 6.07) is 22.0. The van der Waals surface area contributed by atoms with Crippen LogP contribution >= 0.6 is 22.9 Å². The van der Waals surface area contributed by atoms with Gasteiger partial charge in [-0.25, -0.2) is 0 Å². The average molecular weight is 421 g/mol. The maximum Gasteiger partial charge on any atom is 0.267 e. The van der Waals surface area contributed by atoms with Crippen LogP contribution in [-0.4, -0.2) is 11.8 Å². The summed E-state index contributed by atoms with van der Waals surface area (Å²) in [5.41, 5.74) is 2.76. The fourth-order valence-corrected chi connectivity index (χ4v) is 4.43. The number of benzene rings is 3. The third kappa shape index (κ3) is 4.01. The Kier molecular flexibility index (Phi) is 5.34.